The van der Waals surface area contributed by atoms with Gasteiger partial charge in [0.2, 0.25) is 0 Å². The zero-order chi connectivity index (χ0) is 12.3. The molecule has 1 heterocycles. The fourth-order valence-electron chi connectivity index (χ4n) is 2.25. The lowest BCUT2D eigenvalue weighted by Crippen LogP contribution is -2.26. The maximum atomic E-state index is 6.14. The molecule has 1 aliphatic rings. The second kappa shape index (κ2) is 6.05. The smallest absolute Gasteiger partial charge is 0.0595 e. The van der Waals surface area contributed by atoms with Crippen molar-refractivity contribution in [2.45, 2.75) is 25.3 Å². The van der Waals surface area contributed by atoms with Crippen molar-refractivity contribution >= 4 is 23.2 Å². The predicted molar refractivity (Wildman–Crippen MR) is 71.7 cm³/mol. The zero-order valence-electron chi connectivity index (χ0n) is 9.66. The Labute approximate surface area is 112 Å². The molecule has 94 valence electrons. The number of nitrogens with two attached hydrogens (primary N) is 1. The molecule has 0 bridgehead atoms. The zero-order valence-corrected chi connectivity index (χ0v) is 11.2. The van der Waals surface area contributed by atoms with Crippen LogP contribution in [-0.4, -0.2) is 19.3 Å². The van der Waals surface area contributed by atoms with Crippen LogP contribution in [0.15, 0.2) is 18.2 Å². The van der Waals surface area contributed by atoms with Gasteiger partial charge in [-0.15, -0.1) is 0 Å². The average Bonchev–Trinajstić information content (AvgIpc) is 2.76. The Hall–Kier alpha value is -0.280. The fraction of sp³-hybridized carbons (Fsp3) is 0.538. The monoisotopic (exact) mass is 273 g/mol. The molecular formula is C13H17Cl2NO. The molecule has 1 saturated heterocycles. The van der Waals surface area contributed by atoms with Crippen molar-refractivity contribution in [2.24, 2.45) is 11.7 Å². The largest absolute Gasteiger partial charge is 0.381 e. The van der Waals surface area contributed by atoms with Crippen molar-refractivity contribution in [3.8, 4) is 0 Å². The SMILES string of the molecule is NC(Cc1ccc(Cl)c(Cl)c1)CC1CCOC1. The van der Waals surface area contributed by atoms with E-state index in [4.69, 9.17) is 33.7 Å². The minimum atomic E-state index is 0.166. The topological polar surface area (TPSA) is 35.2 Å². The molecule has 0 saturated carbocycles. The summed E-state index contributed by atoms with van der Waals surface area (Å²) < 4.78 is 5.35. The van der Waals surface area contributed by atoms with Gasteiger partial charge in [-0.1, -0.05) is 29.3 Å². The number of hydrogen-bond acceptors (Lipinski definition) is 2. The summed E-state index contributed by atoms with van der Waals surface area (Å²) in [7, 11) is 0. The van der Waals surface area contributed by atoms with Crippen LogP contribution in [0, 0.1) is 5.92 Å². The third-order valence-electron chi connectivity index (χ3n) is 3.14. The maximum Gasteiger partial charge on any atom is 0.0595 e. The van der Waals surface area contributed by atoms with E-state index >= 15 is 0 Å². The Bertz CT molecular complexity index is 378. The summed E-state index contributed by atoms with van der Waals surface area (Å²) >= 11 is 11.8. The molecule has 0 radical (unpaired) electrons. The highest BCUT2D eigenvalue weighted by molar-refractivity contribution is 6.42. The predicted octanol–water partition coefficient (Wildman–Crippen LogP) is 3.29. The lowest BCUT2D eigenvalue weighted by Gasteiger charge is -2.15. The van der Waals surface area contributed by atoms with Crippen LogP contribution in [0.2, 0.25) is 10.0 Å². The van der Waals surface area contributed by atoms with Gasteiger partial charge in [-0.3, -0.25) is 0 Å². The summed E-state index contributed by atoms with van der Waals surface area (Å²) in [4.78, 5) is 0. The quantitative estimate of drug-likeness (QED) is 0.914. The number of rotatable bonds is 4. The molecule has 1 aromatic rings. The molecular weight excluding hydrogens is 257 g/mol. The van der Waals surface area contributed by atoms with E-state index in [1.54, 1.807) is 0 Å². The second-order valence-corrected chi connectivity index (χ2v) is 5.49. The molecule has 0 spiro atoms. The van der Waals surface area contributed by atoms with E-state index in [9.17, 15) is 0 Å². The van der Waals surface area contributed by atoms with Crippen molar-refractivity contribution in [3.05, 3.63) is 33.8 Å². The molecule has 2 rings (SSSR count). The van der Waals surface area contributed by atoms with E-state index in [2.05, 4.69) is 0 Å². The van der Waals surface area contributed by atoms with Crippen molar-refractivity contribution in [3.63, 3.8) is 0 Å². The molecule has 0 amide bonds. The van der Waals surface area contributed by atoms with Gasteiger partial charge in [0.15, 0.2) is 0 Å². The molecule has 1 aromatic carbocycles. The Morgan fingerprint density at radius 1 is 1.35 bits per heavy atom. The first-order valence-corrected chi connectivity index (χ1v) is 6.68. The van der Waals surface area contributed by atoms with Crippen LogP contribution in [0.5, 0.6) is 0 Å². The minimum Gasteiger partial charge on any atom is -0.381 e. The first-order chi connectivity index (χ1) is 8.15. The van der Waals surface area contributed by atoms with Crippen molar-refractivity contribution < 1.29 is 4.74 Å². The van der Waals surface area contributed by atoms with Gasteiger partial charge in [-0.2, -0.15) is 0 Å². The van der Waals surface area contributed by atoms with E-state index in [0.717, 1.165) is 38.0 Å². The van der Waals surface area contributed by atoms with Gasteiger partial charge in [-0.05, 0) is 42.9 Å². The number of benzene rings is 1. The number of ether oxygens (including phenoxy) is 1. The first kappa shape index (κ1) is 13.2. The van der Waals surface area contributed by atoms with Crippen LogP contribution < -0.4 is 5.73 Å². The Kier molecular flexibility index (Phi) is 4.69. The number of hydrogen-bond donors (Lipinski definition) is 1. The molecule has 4 heteroatoms. The Balaban J connectivity index is 1.88. The van der Waals surface area contributed by atoms with Crippen molar-refractivity contribution in [1.82, 2.24) is 0 Å². The highest BCUT2D eigenvalue weighted by Gasteiger charge is 2.18. The lowest BCUT2D eigenvalue weighted by atomic mass is 9.95. The average molecular weight is 274 g/mol. The third-order valence-corrected chi connectivity index (χ3v) is 3.88. The molecule has 2 atom stereocenters. The highest BCUT2D eigenvalue weighted by Crippen LogP contribution is 2.24. The second-order valence-electron chi connectivity index (χ2n) is 4.68. The Morgan fingerprint density at radius 2 is 2.18 bits per heavy atom. The van der Waals surface area contributed by atoms with Gasteiger partial charge in [0.1, 0.15) is 0 Å². The van der Waals surface area contributed by atoms with Gasteiger partial charge < -0.3 is 10.5 Å². The van der Waals surface area contributed by atoms with Gasteiger partial charge in [0.05, 0.1) is 10.0 Å². The van der Waals surface area contributed by atoms with E-state index in [1.807, 2.05) is 18.2 Å². The summed E-state index contributed by atoms with van der Waals surface area (Å²) in [6.07, 6.45) is 2.99. The van der Waals surface area contributed by atoms with E-state index < -0.39 is 0 Å². The molecule has 17 heavy (non-hydrogen) atoms. The standard InChI is InChI=1S/C13H17Cl2NO/c14-12-2-1-9(7-13(12)15)5-11(16)6-10-3-4-17-8-10/h1-2,7,10-11H,3-6,8,16H2. The van der Waals surface area contributed by atoms with Crippen LogP contribution in [0.3, 0.4) is 0 Å². The van der Waals surface area contributed by atoms with E-state index in [0.29, 0.717) is 16.0 Å². The van der Waals surface area contributed by atoms with Crippen LogP contribution >= 0.6 is 23.2 Å². The normalized spacial score (nSPS) is 21.7. The summed E-state index contributed by atoms with van der Waals surface area (Å²) in [6.45, 7) is 1.74. The van der Waals surface area contributed by atoms with Crippen LogP contribution in [-0.2, 0) is 11.2 Å². The first-order valence-electron chi connectivity index (χ1n) is 5.92. The van der Waals surface area contributed by atoms with Crippen LogP contribution in [0.25, 0.3) is 0 Å². The summed E-state index contributed by atoms with van der Waals surface area (Å²) in [5.74, 6) is 0.618. The highest BCUT2D eigenvalue weighted by atomic mass is 35.5. The van der Waals surface area contributed by atoms with Crippen molar-refractivity contribution in [1.29, 1.82) is 0 Å². The molecule has 2 N–H and O–H groups in total. The van der Waals surface area contributed by atoms with Gasteiger partial charge in [0, 0.05) is 19.3 Å². The molecule has 1 fully saturated rings. The van der Waals surface area contributed by atoms with E-state index in [1.165, 1.54) is 0 Å². The number of halogens is 2. The summed E-state index contributed by atoms with van der Waals surface area (Å²) in [5, 5.41) is 1.19. The molecule has 0 aliphatic carbocycles. The fourth-order valence-corrected chi connectivity index (χ4v) is 2.57. The van der Waals surface area contributed by atoms with Crippen LogP contribution in [0.1, 0.15) is 18.4 Å². The van der Waals surface area contributed by atoms with Crippen molar-refractivity contribution in [2.75, 3.05) is 13.2 Å². The van der Waals surface area contributed by atoms with E-state index in [-0.39, 0.29) is 6.04 Å². The third kappa shape index (κ3) is 3.85. The molecule has 1 aliphatic heterocycles. The van der Waals surface area contributed by atoms with Gasteiger partial charge in [0.25, 0.3) is 0 Å². The van der Waals surface area contributed by atoms with Crippen LogP contribution in [0.4, 0.5) is 0 Å². The summed E-state index contributed by atoms with van der Waals surface area (Å²) in [6, 6.07) is 5.87. The van der Waals surface area contributed by atoms with Gasteiger partial charge in [-0.25, -0.2) is 0 Å². The molecule has 2 unspecified atom stereocenters. The maximum absolute atomic E-state index is 6.14. The molecule has 2 nitrogen and oxygen atoms in total. The minimum absolute atomic E-state index is 0.166. The molecule has 0 aromatic heterocycles. The Morgan fingerprint density at radius 3 is 2.82 bits per heavy atom. The van der Waals surface area contributed by atoms with Gasteiger partial charge >= 0.3 is 0 Å². The lowest BCUT2D eigenvalue weighted by molar-refractivity contribution is 0.182. The summed E-state index contributed by atoms with van der Waals surface area (Å²) in [5.41, 5.74) is 7.29.